The second-order valence-electron chi connectivity index (χ2n) is 10.4. The summed E-state index contributed by atoms with van der Waals surface area (Å²) >= 11 is 53.0. The Morgan fingerprint density at radius 2 is 0.532 bits per heavy atom. The summed E-state index contributed by atoms with van der Waals surface area (Å²) < 4.78 is 9.32. The van der Waals surface area contributed by atoms with Crippen molar-refractivity contribution in [1.29, 1.82) is 0 Å². The predicted octanol–water partition coefficient (Wildman–Crippen LogP) is 5.83. The number of nitrogens with one attached hydrogen (secondary N) is 1. The second kappa shape index (κ2) is 35.2. The van der Waals surface area contributed by atoms with Crippen LogP contribution in [0.4, 0.5) is 0 Å². The molecule has 0 saturated carbocycles. The summed E-state index contributed by atoms with van der Waals surface area (Å²) in [5.41, 5.74) is 13.9. The number of halogens is 20. The summed E-state index contributed by atoms with van der Waals surface area (Å²) in [6, 6.07) is 0. The molecule has 0 aromatic heterocycles. The van der Waals surface area contributed by atoms with E-state index in [9.17, 15) is 0 Å². The molecule has 0 radical (unpaired) electrons. The van der Waals surface area contributed by atoms with Crippen LogP contribution in [0.15, 0.2) is 0 Å². The Bertz CT molecular complexity index is 775. The van der Waals surface area contributed by atoms with Gasteiger partial charge in [-0.15, -0.1) is 134 Å². The topological polar surface area (TPSA) is 64.1 Å². The van der Waals surface area contributed by atoms with E-state index in [1.807, 2.05) is 0 Å². The lowest BCUT2D eigenvalue weighted by molar-refractivity contribution is 1.64. The van der Waals surface area contributed by atoms with E-state index >= 15 is 0 Å². The highest BCUT2D eigenvalue weighted by molar-refractivity contribution is 14.3. The van der Waals surface area contributed by atoms with E-state index in [-0.39, 0.29) is 13.3 Å². The molecular formula is H9B24I20N3. The molecule has 0 saturated heterocycles. The number of hydrogen-bond donors (Lipinski definition) is 3. The Kier molecular flexibility index (Phi) is 47.2. The summed E-state index contributed by atoms with van der Waals surface area (Å²) in [6.45, 7) is 0.385. The minimum Gasteiger partial charge on any atom is -0.391 e. The molecule has 0 aliphatic heterocycles. The molecule has 0 heterocycles. The van der Waals surface area contributed by atoms with Crippen molar-refractivity contribution in [2.45, 2.75) is 0 Å². The molecule has 3 nitrogen and oxygen atoms in total. The Labute approximate surface area is 563 Å². The molecule has 0 fully saturated rings. The highest BCUT2D eigenvalue weighted by Crippen LogP contribution is 2.29. The van der Waals surface area contributed by atoms with Crippen LogP contribution in [0.25, 0.3) is 0 Å². The third-order valence-electron chi connectivity index (χ3n) is 6.79. The SMILES string of the molecule is NB(B(I)B(I)BBB(I)I)B(I)B(I)B(I)B(I)B(I)B(I)NB(I)B(I)B(I)B(I)B(I)B(I)B(N)B(I)B(I)BBB(I)I. The Balaban J connectivity index is 5.25. The Morgan fingerprint density at radius 1 is 0.298 bits per heavy atom. The Morgan fingerprint density at radius 3 is 0.787 bits per heavy atom. The van der Waals surface area contributed by atoms with Gasteiger partial charge in [-0.05, 0) is 0 Å². The summed E-state index contributed by atoms with van der Waals surface area (Å²) in [7, 11) is 4.97. The quantitative estimate of drug-likeness (QED) is 0.0844. The number of hydrogen-bond acceptors (Lipinski definition) is 3. The molecule has 0 amide bonds. The maximum Gasteiger partial charge on any atom is 0.253 e. The van der Waals surface area contributed by atoms with Crippen LogP contribution in [-0.2, 0) is 0 Å². The highest BCUT2D eigenvalue weighted by atomic mass is 127. The molecule has 0 aromatic carbocycles. The molecule has 0 unspecified atom stereocenters. The molecule has 0 bridgehead atoms. The molecular weight excluding hydrogens is 2840 g/mol. The first kappa shape index (κ1) is 63.0. The van der Waals surface area contributed by atoms with Crippen molar-refractivity contribution in [3.8, 4) is 0 Å². The van der Waals surface area contributed by atoms with Crippen molar-refractivity contribution in [3.63, 3.8) is 0 Å². The van der Waals surface area contributed by atoms with Crippen molar-refractivity contribution < 1.29 is 0 Å². The van der Waals surface area contributed by atoms with Crippen LogP contribution in [0.5, 0.6) is 0 Å². The standard InChI is InChI=1S/B24H9I20N3/c25-5(1-3-7(27)28)9(31)21(45)17(39)13(35)11(33)15(37)19(41)23(43)47-24(44)20(42)16(38)12(34)14(36)18(40)22(46)10(32)6(26)2-4-8(29)30/h1-4,47H,45-46H2. The van der Waals surface area contributed by atoms with Gasteiger partial charge in [0, 0.05) is 0 Å². The van der Waals surface area contributed by atoms with Gasteiger partial charge < -0.3 is 16.4 Å². The highest BCUT2D eigenvalue weighted by Gasteiger charge is 2.52. The molecule has 5 N–H and O–H groups in total. The van der Waals surface area contributed by atoms with Gasteiger partial charge in [0.05, 0.1) is 28.2 Å². The molecule has 0 spiro atoms. The van der Waals surface area contributed by atoms with Gasteiger partial charge in [0.25, 0.3) is 9.19 Å². The van der Waals surface area contributed by atoms with Gasteiger partial charge in [-0.3, -0.25) is 0 Å². The molecule has 0 aliphatic carbocycles. The summed E-state index contributed by atoms with van der Waals surface area (Å²) in [4.78, 5) is 0. The van der Waals surface area contributed by atoms with E-state index in [4.69, 9.17) is 11.3 Å². The van der Waals surface area contributed by atoms with Gasteiger partial charge in [0.1, 0.15) is 0 Å². The zero-order valence-electron chi connectivity index (χ0n) is 23.6. The molecule has 47 heavy (non-hydrogen) atoms. The van der Waals surface area contributed by atoms with Crippen molar-refractivity contribution in [1.82, 2.24) is 5.14 Å². The fraction of sp³-hybridized carbons (Fsp3) is 0. The maximum atomic E-state index is 6.94. The first-order valence-corrected chi connectivity index (χ1v) is 38.5. The zero-order chi connectivity index (χ0) is 37.1. The minimum atomic E-state index is 0.192. The lowest BCUT2D eigenvalue weighted by Crippen LogP contribution is -2.68. The average Bonchev–Trinajstić information content (AvgIpc) is 3.04. The monoisotopic (exact) mass is 2850 g/mol. The Hall–Kier alpha value is 16.0. The lowest BCUT2D eigenvalue weighted by Gasteiger charge is -2.28. The first-order chi connectivity index (χ1) is 21.5. The summed E-state index contributed by atoms with van der Waals surface area (Å²) in [5, 5.41) is 4.02. The molecule has 47 heteroatoms. The molecule has 0 atom stereocenters. The van der Waals surface area contributed by atoms with Gasteiger partial charge in [0.15, 0.2) is 74.2 Å². The van der Waals surface area contributed by atoms with Crippen molar-refractivity contribution in [2.24, 2.45) is 11.3 Å². The molecule has 236 valence electrons. The van der Waals surface area contributed by atoms with Crippen molar-refractivity contribution in [3.05, 3.63) is 0 Å². The molecule has 0 aromatic rings. The average molecular weight is 2850 g/mol. The normalized spacial score (nSPS) is 10.0. The third-order valence-corrected chi connectivity index (χ3v) is 49.8. The molecule has 0 aliphatic rings. The largest absolute Gasteiger partial charge is 0.391 e. The third kappa shape index (κ3) is 25.3. The maximum absolute atomic E-state index is 6.94. The first-order valence-electron chi connectivity index (χ1n) is 13.6. The second-order valence-corrected chi connectivity index (χ2v) is 44.4. The van der Waals surface area contributed by atoms with Gasteiger partial charge in [-0.1, -0.05) is 0 Å². The van der Waals surface area contributed by atoms with E-state index in [2.05, 4.69) is 453 Å². The van der Waals surface area contributed by atoms with E-state index < -0.39 is 0 Å². The van der Waals surface area contributed by atoms with Crippen LogP contribution in [0, 0.1) is 0 Å². The van der Waals surface area contributed by atoms with E-state index in [1.165, 1.54) is 28.2 Å². The van der Waals surface area contributed by atoms with Gasteiger partial charge in [-0.2, -0.15) is 313 Å². The van der Waals surface area contributed by atoms with Crippen LogP contribution in [-0.4, -0.2) is 116 Å². The van der Waals surface area contributed by atoms with E-state index in [0.717, 1.165) is 0 Å². The van der Waals surface area contributed by atoms with Crippen molar-refractivity contribution >= 4 is 564 Å². The van der Waals surface area contributed by atoms with Crippen molar-refractivity contribution in [2.75, 3.05) is 0 Å². The van der Waals surface area contributed by atoms with Crippen LogP contribution < -0.4 is 16.4 Å². The molecule has 0 rings (SSSR count). The van der Waals surface area contributed by atoms with E-state index in [0.29, 0.717) is 74.7 Å². The van der Waals surface area contributed by atoms with Gasteiger partial charge >= 0.3 is 0 Å². The van der Waals surface area contributed by atoms with Crippen LogP contribution in [0.2, 0.25) is 0 Å². The number of rotatable bonds is 24. The van der Waals surface area contributed by atoms with Gasteiger partial charge in [-0.25, -0.2) is 0 Å². The predicted molar refractivity (Wildman–Crippen MR) is 436 cm³/mol. The fourth-order valence-electron chi connectivity index (χ4n) is 3.86. The van der Waals surface area contributed by atoms with Crippen LogP contribution >= 0.6 is 447 Å². The number of nitrogens with two attached hydrogens (primary N) is 2. The lowest BCUT2D eigenvalue weighted by atomic mass is 8.83. The minimum absolute atomic E-state index is 0.192. The van der Waals surface area contributed by atoms with Crippen LogP contribution in [0.3, 0.4) is 0 Å². The summed E-state index contributed by atoms with van der Waals surface area (Å²) in [5.74, 6) is 0. The zero-order valence-corrected chi connectivity index (χ0v) is 66.7. The van der Waals surface area contributed by atoms with Crippen LogP contribution in [0.1, 0.15) is 0 Å². The summed E-state index contributed by atoms with van der Waals surface area (Å²) in [6.07, 6.45) is 0. The fourth-order valence-corrected chi connectivity index (χ4v) is 27.4. The van der Waals surface area contributed by atoms with Gasteiger partial charge in [0.2, 0.25) is 4.63 Å². The van der Waals surface area contributed by atoms with E-state index in [1.54, 1.807) is 0 Å². The smallest absolute Gasteiger partial charge is 0.253 e.